The molecule has 0 amide bonds. The Balaban J connectivity index is 1.38. The highest BCUT2D eigenvalue weighted by Crippen LogP contribution is 2.29. The Morgan fingerprint density at radius 1 is 1.17 bits per heavy atom. The quantitative estimate of drug-likeness (QED) is 0.698. The molecule has 0 saturated carbocycles. The topological polar surface area (TPSA) is 42.2 Å². The van der Waals surface area contributed by atoms with Gasteiger partial charge in [0.1, 0.15) is 11.3 Å². The number of aromatic nitrogens is 2. The van der Waals surface area contributed by atoms with E-state index in [1.165, 1.54) is 30.5 Å². The minimum absolute atomic E-state index is 0.662. The van der Waals surface area contributed by atoms with Crippen LogP contribution in [-0.4, -0.2) is 28.0 Å². The van der Waals surface area contributed by atoms with E-state index in [1.54, 1.807) is 23.9 Å². The lowest BCUT2D eigenvalue weighted by Gasteiger charge is -2.19. The number of hydrogen-bond acceptors (Lipinski definition) is 5. The number of likely N-dealkylation sites (tertiary alicyclic amines) is 1. The van der Waals surface area contributed by atoms with E-state index < -0.39 is 0 Å². The molecule has 0 aliphatic carbocycles. The van der Waals surface area contributed by atoms with Crippen molar-refractivity contribution in [1.29, 1.82) is 0 Å². The van der Waals surface area contributed by atoms with Crippen molar-refractivity contribution >= 4 is 11.3 Å². The third-order valence-electron chi connectivity index (χ3n) is 4.70. The van der Waals surface area contributed by atoms with Crippen LogP contribution in [0.15, 0.2) is 52.9 Å². The van der Waals surface area contributed by atoms with Crippen molar-refractivity contribution in [1.82, 2.24) is 14.9 Å². The van der Waals surface area contributed by atoms with Crippen molar-refractivity contribution < 1.29 is 4.42 Å². The van der Waals surface area contributed by atoms with Crippen LogP contribution in [0.2, 0.25) is 0 Å². The average molecular weight is 339 g/mol. The molecule has 24 heavy (non-hydrogen) atoms. The lowest BCUT2D eigenvalue weighted by atomic mass is 9.93. The molecule has 0 N–H and O–H groups in total. The maximum absolute atomic E-state index is 5.15. The minimum atomic E-state index is 0.662. The van der Waals surface area contributed by atoms with Crippen LogP contribution in [0.3, 0.4) is 0 Å². The Bertz CT molecular complexity index is 754. The van der Waals surface area contributed by atoms with Gasteiger partial charge in [0.15, 0.2) is 0 Å². The van der Waals surface area contributed by atoms with Gasteiger partial charge in [0.25, 0.3) is 0 Å². The monoisotopic (exact) mass is 339 g/mol. The van der Waals surface area contributed by atoms with Crippen LogP contribution in [0.5, 0.6) is 0 Å². The molecule has 1 unspecified atom stereocenters. The second kappa shape index (κ2) is 7.28. The van der Waals surface area contributed by atoms with E-state index in [2.05, 4.69) is 27.4 Å². The smallest absolute Gasteiger partial charge is 0.126 e. The van der Waals surface area contributed by atoms with Crippen LogP contribution in [0.25, 0.3) is 10.6 Å². The number of nitrogens with zero attached hydrogens (tertiary/aromatic N) is 3. The van der Waals surface area contributed by atoms with E-state index in [9.17, 15) is 0 Å². The average Bonchev–Trinajstić information content (AvgIpc) is 3.25. The second-order valence-electron chi connectivity index (χ2n) is 6.34. The summed E-state index contributed by atoms with van der Waals surface area (Å²) in [5, 5.41) is 3.22. The molecule has 1 atom stereocenters. The van der Waals surface area contributed by atoms with Crippen LogP contribution >= 0.6 is 11.3 Å². The molecule has 3 aromatic heterocycles. The largest absolute Gasteiger partial charge is 0.472 e. The molecule has 1 saturated heterocycles. The van der Waals surface area contributed by atoms with Crippen LogP contribution in [0, 0.1) is 0 Å². The van der Waals surface area contributed by atoms with E-state index in [0.717, 1.165) is 30.2 Å². The zero-order valence-electron chi connectivity index (χ0n) is 13.6. The number of hydrogen-bond donors (Lipinski definition) is 0. The van der Waals surface area contributed by atoms with Gasteiger partial charge in [-0.25, -0.2) is 4.98 Å². The molecule has 1 aliphatic rings. The molecule has 0 aromatic carbocycles. The van der Waals surface area contributed by atoms with Gasteiger partial charge in [-0.1, -0.05) is 0 Å². The van der Waals surface area contributed by atoms with Crippen molar-refractivity contribution in [2.24, 2.45) is 0 Å². The lowest BCUT2D eigenvalue weighted by Crippen LogP contribution is -2.24. The Morgan fingerprint density at radius 3 is 2.92 bits per heavy atom. The fourth-order valence-electron chi connectivity index (χ4n) is 3.41. The summed E-state index contributed by atoms with van der Waals surface area (Å²) in [5.74, 6) is 0.662. The van der Waals surface area contributed by atoms with Crippen LogP contribution in [0.1, 0.15) is 36.4 Å². The standard InChI is InChI=1S/C19H21N3OS/c1-2-15(16-3-7-20-8-4-16)5-10-22(9-1)12-18-14-24-19(21-18)17-6-11-23-13-17/h3-4,6-8,11,13-15H,1-2,5,9-10,12H2. The van der Waals surface area contributed by atoms with Crippen molar-refractivity contribution in [3.63, 3.8) is 0 Å². The summed E-state index contributed by atoms with van der Waals surface area (Å²) < 4.78 is 5.15. The van der Waals surface area contributed by atoms with E-state index in [1.807, 2.05) is 18.5 Å². The number of furan rings is 1. The molecule has 0 bridgehead atoms. The number of thiazole rings is 1. The van der Waals surface area contributed by atoms with E-state index in [0.29, 0.717) is 5.92 Å². The van der Waals surface area contributed by atoms with Gasteiger partial charge < -0.3 is 4.42 Å². The highest BCUT2D eigenvalue weighted by atomic mass is 32.1. The van der Waals surface area contributed by atoms with Gasteiger partial charge in [-0.3, -0.25) is 9.88 Å². The first kappa shape index (κ1) is 15.5. The normalized spacial score (nSPS) is 19.2. The second-order valence-corrected chi connectivity index (χ2v) is 7.20. The Morgan fingerprint density at radius 2 is 2.08 bits per heavy atom. The Hall–Kier alpha value is -1.98. The summed E-state index contributed by atoms with van der Waals surface area (Å²) >= 11 is 1.69. The van der Waals surface area contributed by atoms with Crippen LogP contribution in [0.4, 0.5) is 0 Å². The highest BCUT2D eigenvalue weighted by Gasteiger charge is 2.19. The van der Waals surface area contributed by atoms with Crippen LogP contribution in [-0.2, 0) is 6.54 Å². The molecule has 0 spiro atoms. The van der Waals surface area contributed by atoms with Gasteiger partial charge in [0.2, 0.25) is 0 Å². The molecule has 0 radical (unpaired) electrons. The SMILES string of the molecule is c1cc(C2CCCN(Cc3csc(-c4ccoc4)n3)CC2)ccn1. The van der Waals surface area contributed by atoms with Gasteiger partial charge >= 0.3 is 0 Å². The third kappa shape index (κ3) is 3.57. The van der Waals surface area contributed by atoms with Crippen molar-refractivity contribution in [3.8, 4) is 10.6 Å². The number of pyridine rings is 1. The molecule has 124 valence electrons. The lowest BCUT2D eigenvalue weighted by molar-refractivity contribution is 0.273. The predicted octanol–water partition coefficient (Wildman–Crippen LogP) is 4.57. The summed E-state index contributed by atoms with van der Waals surface area (Å²) in [6, 6.07) is 6.30. The summed E-state index contributed by atoms with van der Waals surface area (Å²) in [6.45, 7) is 3.23. The fraction of sp³-hybridized carbons (Fsp3) is 0.368. The van der Waals surface area contributed by atoms with Crippen molar-refractivity contribution in [2.75, 3.05) is 13.1 Å². The highest BCUT2D eigenvalue weighted by molar-refractivity contribution is 7.13. The van der Waals surface area contributed by atoms with E-state index in [-0.39, 0.29) is 0 Å². The molecule has 4 rings (SSSR count). The maximum Gasteiger partial charge on any atom is 0.126 e. The van der Waals surface area contributed by atoms with Gasteiger partial charge in [-0.15, -0.1) is 11.3 Å². The zero-order chi connectivity index (χ0) is 16.2. The number of rotatable bonds is 4. The first-order valence-corrected chi connectivity index (χ1v) is 9.36. The molecule has 1 aliphatic heterocycles. The van der Waals surface area contributed by atoms with Gasteiger partial charge in [-0.05, 0) is 62.0 Å². The molecule has 1 fully saturated rings. The predicted molar refractivity (Wildman–Crippen MR) is 95.9 cm³/mol. The molecular formula is C19H21N3OS. The summed E-state index contributed by atoms with van der Waals surface area (Å²) in [4.78, 5) is 11.4. The molecule has 4 heterocycles. The van der Waals surface area contributed by atoms with Gasteiger partial charge in [0, 0.05) is 29.9 Å². The molecular weight excluding hydrogens is 318 g/mol. The van der Waals surface area contributed by atoms with E-state index >= 15 is 0 Å². The molecule has 3 aromatic rings. The zero-order valence-corrected chi connectivity index (χ0v) is 14.4. The van der Waals surface area contributed by atoms with Crippen molar-refractivity contribution in [2.45, 2.75) is 31.7 Å². The summed E-state index contributed by atoms with van der Waals surface area (Å²) in [5.41, 5.74) is 3.67. The molecule has 5 heteroatoms. The first-order chi connectivity index (χ1) is 11.9. The van der Waals surface area contributed by atoms with Gasteiger partial charge in [0.05, 0.1) is 12.0 Å². The minimum Gasteiger partial charge on any atom is -0.472 e. The summed E-state index contributed by atoms with van der Waals surface area (Å²) in [6.07, 6.45) is 11.0. The van der Waals surface area contributed by atoms with Crippen LogP contribution < -0.4 is 0 Å². The maximum atomic E-state index is 5.15. The summed E-state index contributed by atoms with van der Waals surface area (Å²) in [7, 11) is 0. The van der Waals surface area contributed by atoms with Crippen molar-refractivity contribution in [3.05, 3.63) is 59.8 Å². The fourth-order valence-corrected chi connectivity index (χ4v) is 4.21. The third-order valence-corrected chi connectivity index (χ3v) is 5.64. The van der Waals surface area contributed by atoms with Gasteiger partial charge in [-0.2, -0.15) is 0 Å². The first-order valence-electron chi connectivity index (χ1n) is 8.48. The van der Waals surface area contributed by atoms with E-state index in [4.69, 9.17) is 9.40 Å². The Kier molecular flexibility index (Phi) is 4.71. The Labute approximate surface area is 146 Å². The molecule has 4 nitrogen and oxygen atoms in total.